The van der Waals surface area contributed by atoms with Gasteiger partial charge in [0.05, 0.1) is 25.4 Å². The summed E-state index contributed by atoms with van der Waals surface area (Å²) in [5.41, 5.74) is 7.15. The van der Waals surface area contributed by atoms with Gasteiger partial charge >= 0.3 is 0 Å². The van der Waals surface area contributed by atoms with Crippen LogP contribution >= 0.6 is 0 Å². The molecule has 1 heterocycles. The minimum absolute atomic E-state index is 0.218. The third-order valence-electron chi connectivity index (χ3n) is 3.35. The number of nitrogens with one attached hydrogen (secondary N) is 1. The number of halogens is 1. The topological polar surface area (TPSA) is 62.9 Å². The van der Waals surface area contributed by atoms with Gasteiger partial charge in [-0.3, -0.25) is 0 Å². The molecule has 0 aliphatic carbocycles. The molecule has 2 rings (SSSR count). The highest BCUT2D eigenvalue weighted by molar-refractivity contribution is 5.77. The van der Waals surface area contributed by atoms with Crippen molar-refractivity contribution in [3.8, 4) is 0 Å². The molecule has 0 aromatic heterocycles. The summed E-state index contributed by atoms with van der Waals surface area (Å²) in [6.07, 6.45) is 0.985. The van der Waals surface area contributed by atoms with Crippen molar-refractivity contribution < 1.29 is 9.13 Å². The average Bonchev–Trinajstić information content (AvgIpc) is 2.52. The van der Waals surface area contributed by atoms with Crippen molar-refractivity contribution >= 4 is 11.6 Å². The molecule has 0 atom stereocenters. The van der Waals surface area contributed by atoms with E-state index >= 15 is 0 Å². The average molecular weight is 294 g/mol. The SMILES string of the molecule is CCCNC(N)=NCc1ccc(N2CCOCC2)c(F)c1. The van der Waals surface area contributed by atoms with Gasteiger partial charge in [0.2, 0.25) is 0 Å². The second kappa shape index (κ2) is 7.83. The van der Waals surface area contributed by atoms with E-state index in [0.717, 1.165) is 31.6 Å². The molecule has 116 valence electrons. The van der Waals surface area contributed by atoms with Crippen LogP contribution < -0.4 is 16.0 Å². The summed E-state index contributed by atoms with van der Waals surface area (Å²) in [6, 6.07) is 5.23. The molecule has 0 saturated carbocycles. The van der Waals surface area contributed by atoms with Gasteiger partial charge in [-0.15, -0.1) is 0 Å². The van der Waals surface area contributed by atoms with Crippen molar-refractivity contribution in [2.75, 3.05) is 37.7 Å². The van der Waals surface area contributed by atoms with E-state index in [2.05, 4.69) is 17.2 Å². The Morgan fingerprint density at radius 2 is 2.19 bits per heavy atom. The van der Waals surface area contributed by atoms with Crippen molar-refractivity contribution in [2.24, 2.45) is 10.7 Å². The molecule has 1 saturated heterocycles. The zero-order valence-electron chi connectivity index (χ0n) is 12.4. The Hall–Kier alpha value is -1.82. The molecular weight excluding hydrogens is 271 g/mol. The zero-order chi connectivity index (χ0) is 15.1. The van der Waals surface area contributed by atoms with E-state index in [1.54, 1.807) is 6.07 Å². The standard InChI is InChI=1S/C15H23FN4O/c1-2-5-18-15(17)19-11-12-3-4-14(13(16)10-12)20-6-8-21-9-7-20/h3-4,10H,2,5-9,11H2,1H3,(H3,17,18,19). The van der Waals surface area contributed by atoms with Gasteiger partial charge in [-0.1, -0.05) is 13.0 Å². The van der Waals surface area contributed by atoms with Crippen LogP contribution in [0.15, 0.2) is 23.2 Å². The van der Waals surface area contributed by atoms with Crippen molar-refractivity contribution in [1.82, 2.24) is 5.32 Å². The first-order chi connectivity index (χ1) is 10.2. The number of morpholine rings is 1. The summed E-state index contributed by atoms with van der Waals surface area (Å²) in [4.78, 5) is 6.20. The molecule has 1 aliphatic rings. The fraction of sp³-hybridized carbons (Fsp3) is 0.533. The molecule has 5 nitrogen and oxygen atoms in total. The molecule has 21 heavy (non-hydrogen) atoms. The molecule has 0 unspecified atom stereocenters. The monoisotopic (exact) mass is 294 g/mol. The quantitative estimate of drug-likeness (QED) is 0.638. The van der Waals surface area contributed by atoms with E-state index in [1.165, 1.54) is 6.07 Å². The molecule has 0 amide bonds. The van der Waals surface area contributed by atoms with E-state index in [4.69, 9.17) is 10.5 Å². The summed E-state index contributed by atoms with van der Waals surface area (Å²) in [5, 5.41) is 2.99. The van der Waals surface area contributed by atoms with Gasteiger partial charge in [0.1, 0.15) is 5.82 Å². The lowest BCUT2D eigenvalue weighted by atomic mass is 10.1. The number of hydrogen-bond donors (Lipinski definition) is 2. The summed E-state index contributed by atoms with van der Waals surface area (Å²) < 4.78 is 19.5. The molecular formula is C15H23FN4O. The molecule has 1 fully saturated rings. The van der Waals surface area contributed by atoms with E-state index < -0.39 is 0 Å². The highest BCUT2D eigenvalue weighted by Crippen LogP contribution is 2.21. The van der Waals surface area contributed by atoms with Gasteiger partial charge in [0.25, 0.3) is 0 Å². The molecule has 0 bridgehead atoms. The lowest BCUT2D eigenvalue weighted by molar-refractivity contribution is 0.122. The summed E-state index contributed by atoms with van der Waals surface area (Å²) in [7, 11) is 0. The van der Waals surface area contributed by atoms with Crippen LogP contribution in [0.25, 0.3) is 0 Å². The molecule has 1 aromatic carbocycles. The Labute approximate surface area is 125 Å². The van der Waals surface area contributed by atoms with Gasteiger partial charge in [0.15, 0.2) is 5.96 Å². The molecule has 3 N–H and O–H groups in total. The fourth-order valence-corrected chi connectivity index (χ4v) is 2.19. The number of nitrogens with two attached hydrogens (primary N) is 1. The van der Waals surface area contributed by atoms with E-state index in [0.29, 0.717) is 31.4 Å². The number of anilines is 1. The van der Waals surface area contributed by atoms with Gasteiger partial charge < -0.3 is 20.7 Å². The van der Waals surface area contributed by atoms with Crippen LogP contribution in [0.4, 0.5) is 10.1 Å². The van der Waals surface area contributed by atoms with Crippen molar-refractivity contribution in [1.29, 1.82) is 0 Å². The third-order valence-corrected chi connectivity index (χ3v) is 3.35. The van der Waals surface area contributed by atoms with Crippen LogP contribution in [0.2, 0.25) is 0 Å². The summed E-state index contributed by atoms with van der Waals surface area (Å²) in [6.45, 7) is 5.96. The van der Waals surface area contributed by atoms with Crippen molar-refractivity contribution in [3.63, 3.8) is 0 Å². The van der Waals surface area contributed by atoms with Crippen molar-refractivity contribution in [3.05, 3.63) is 29.6 Å². The Morgan fingerprint density at radius 1 is 1.43 bits per heavy atom. The van der Waals surface area contributed by atoms with Gasteiger partial charge in [0, 0.05) is 19.6 Å². The van der Waals surface area contributed by atoms with Gasteiger partial charge in [-0.25, -0.2) is 9.38 Å². The molecule has 0 spiro atoms. The first-order valence-corrected chi connectivity index (χ1v) is 7.35. The number of benzene rings is 1. The maximum atomic E-state index is 14.2. The maximum Gasteiger partial charge on any atom is 0.188 e. The summed E-state index contributed by atoms with van der Waals surface area (Å²) >= 11 is 0. The minimum Gasteiger partial charge on any atom is -0.378 e. The largest absolute Gasteiger partial charge is 0.378 e. The van der Waals surface area contributed by atoms with E-state index in [-0.39, 0.29) is 5.82 Å². The third kappa shape index (κ3) is 4.60. The highest BCUT2D eigenvalue weighted by atomic mass is 19.1. The normalized spacial score (nSPS) is 16.1. The zero-order valence-corrected chi connectivity index (χ0v) is 12.4. The number of rotatable bonds is 5. The Morgan fingerprint density at radius 3 is 2.86 bits per heavy atom. The number of nitrogens with zero attached hydrogens (tertiary/aromatic N) is 2. The van der Waals surface area contributed by atoms with Crippen LogP contribution in [0.3, 0.4) is 0 Å². The highest BCUT2D eigenvalue weighted by Gasteiger charge is 2.15. The lowest BCUT2D eigenvalue weighted by Crippen LogP contribution is -2.36. The first kappa shape index (κ1) is 15.6. The van der Waals surface area contributed by atoms with Crippen LogP contribution in [0.1, 0.15) is 18.9 Å². The summed E-state index contributed by atoms with van der Waals surface area (Å²) in [5.74, 6) is 0.180. The lowest BCUT2D eigenvalue weighted by Gasteiger charge is -2.29. The molecule has 6 heteroatoms. The molecule has 0 radical (unpaired) electrons. The van der Waals surface area contributed by atoms with Crippen LogP contribution in [0, 0.1) is 5.82 Å². The second-order valence-corrected chi connectivity index (χ2v) is 5.01. The maximum absolute atomic E-state index is 14.2. The smallest absolute Gasteiger partial charge is 0.188 e. The number of guanidine groups is 1. The van der Waals surface area contributed by atoms with Gasteiger partial charge in [-0.2, -0.15) is 0 Å². The predicted molar refractivity (Wildman–Crippen MR) is 83.1 cm³/mol. The predicted octanol–water partition coefficient (Wildman–Crippen LogP) is 1.48. The van der Waals surface area contributed by atoms with Gasteiger partial charge in [-0.05, 0) is 24.1 Å². The Balaban J connectivity index is 1.98. The van der Waals surface area contributed by atoms with Crippen LogP contribution in [0.5, 0.6) is 0 Å². The van der Waals surface area contributed by atoms with E-state index in [1.807, 2.05) is 11.0 Å². The molecule has 1 aliphatic heterocycles. The first-order valence-electron chi connectivity index (χ1n) is 7.35. The fourth-order valence-electron chi connectivity index (χ4n) is 2.19. The minimum atomic E-state index is -0.218. The van der Waals surface area contributed by atoms with Crippen molar-refractivity contribution in [2.45, 2.75) is 19.9 Å². The molecule has 1 aromatic rings. The van der Waals surface area contributed by atoms with Crippen LogP contribution in [-0.4, -0.2) is 38.8 Å². The number of aliphatic imine (C=N–C) groups is 1. The number of ether oxygens (including phenoxy) is 1. The Kier molecular flexibility index (Phi) is 5.80. The second-order valence-electron chi connectivity index (χ2n) is 5.01. The van der Waals surface area contributed by atoms with E-state index in [9.17, 15) is 4.39 Å². The van der Waals surface area contributed by atoms with Crippen LogP contribution in [-0.2, 0) is 11.3 Å². The Bertz CT molecular complexity index is 487. The number of hydrogen-bond acceptors (Lipinski definition) is 3.